The van der Waals surface area contributed by atoms with Crippen molar-refractivity contribution in [1.82, 2.24) is 5.32 Å². The average molecular weight is 515 g/mol. The summed E-state index contributed by atoms with van der Waals surface area (Å²) in [5.41, 5.74) is 1.80. The van der Waals surface area contributed by atoms with Crippen molar-refractivity contribution in [3.05, 3.63) is 106 Å². The molecule has 0 aliphatic carbocycles. The molecular formula is C28H19ClN2O4S. The Hall–Kier alpha value is -4.07. The molecule has 0 bridgehead atoms. The second-order valence-electron chi connectivity index (χ2n) is 7.78. The standard InChI is InChI=1S/C28H19ClN2O4S/c1-34-23-14-9-17(16-25-26(32)31-28(36-25)30-20-12-10-19(29)11-13-20)15-24(23)35-27(33)22-8-4-6-18-5-2-3-7-21(18)22/h2-16H,1H3,(H,30,31,32)/b25-16-. The number of aliphatic imine (C=N–C) groups is 1. The SMILES string of the molecule is COc1ccc(/C=C2\SC(=Nc3ccc(Cl)cc3)NC2=O)cc1OC(=O)c1cccc2ccccc12. The van der Waals surface area contributed by atoms with Gasteiger partial charge in [-0.3, -0.25) is 4.79 Å². The molecule has 1 aliphatic rings. The molecule has 1 saturated heterocycles. The molecule has 6 nitrogen and oxygen atoms in total. The molecule has 178 valence electrons. The molecule has 1 N–H and O–H groups in total. The lowest BCUT2D eigenvalue weighted by atomic mass is 10.0. The highest BCUT2D eigenvalue weighted by Gasteiger charge is 2.24. The van der Waals surface area contributed by atoms with Gasteiger partial charge in [-0.2, -0.15) is 0 Å². The molecule has 0 radical (unpaired) electrons. The molecule has 1 amide bonds. The average Bonchev–Trinajstić information content (AvgIpc) is 3.23. The van der Waals surface area contributed by atoms with E-state index in [0.717, 1.165) is 10.8 Å². The van der Waals surface area contributed by atoms with Gasteiger partial charge in [0.2, 0.25) is 0 Å². The molecule has 1 aliphatic heterocycles. The summed E-state index contributed by atoms with van der Waals surface area (Å²) in [6, 6.07) is 25.2. The number of nitrogens with one attached hydrogen (secondary N) is 1. The van der Waals surface area contributed by atoms with Gasteiger partial charge in [-0.1, -0.05) is 54.1 Å². The number of amidine groups is 1. The lowest BCUT2D eigenvalue weighted by molar-refractivity contribution is -0.115. The Labute approximate surface area is 216 Å². The van der Waals surface area contributed by atoms with E-state index in [2.05, 4.69) is 10.3 Å². The highest BCUT2D eigenvalue weighted by atomic mass is 35.5. The predicted molar refractivity (Wildman–Crippen MR) is 144 cm³/mol. The summed E-state index contributed by atoms with van der Waals surface area (Å²) < 4.78 is 11.1. The molecular weight excluding hydrogens is 496 g/mol. The van der Waals surface area contributed by atoms with Gasteiger partial charge in [0.25, 0.3) is 5.91 Å². The highest BCUT2D eigenvalue weighted by molar-refractivity contribution is 8.18. The highest BCUT2D eigenvalue weighted by Crippen LogP contribution is 2.33. The zero-order valence-corrected chi connectivity index (χ0v) is 20.6. The summed E-state index contributed by atoms with van der Waals surface area (Å²) in [6.45, 7) is 0. The van der Waals surface area contributed by atoms with E-state index in [0.29, 0.717) is 37.7 Å². The number of ether oxygens (including phenoxy) is 2. The van der Waals surface area contributed by atoms with Crippen LogP contribution in [0, 0.1) is 0 Å². The fourth-order valence-corrected chi connectivity index (χ4v) is 4.65. The van der Waals surface area contributed by atoms with E-state index in [1.807, 2.05) is 36.4 Å². The van der Waals surface area contributed by atoms with Crippen LogP contribution in [0.5, 0.6) is 11.5 Å². The molecule has 1 heterocycles. The molecule has 0 unspecified atom stereocenters. The van der Waals surface area contributed by atoms with Crippen molar-refractivity contribution in [2.75, 3.05) is 7.11 Å². The largest absolute Gasteiger partial charge is 0.493 e. The van der Waals surface area contributed by atoms with Gasteiger partial charge in [-0.05, 0) is 76.6 Å². The third kappa shape index (κ3) is 5.12. The van der Waals surface area contributed by atoms with E-state index in [1.165, 1.54) is 18.9 Å². The topological polar surface area (TPSA) is 77.0 Å². The van der Waals surface area contributed by atoms with Gasteiger partial charge in [0.1, 0.15) is 0 Å². The maximum atomic E-state index is 13.1. The Morgan fingerprint density at radius 3 is 2.56 bits per heavy atom. The third-order valence-electron chi connectivity index (χ3n) is 5.41. The smallest absolute Gasteiger partial charge is 0.344 e. The van der Waals surface area contributed by atoms with E-state index in [9.17, 15) is 9.59 Å². The van der Waals surface area contributed by atoms with E-state index in [4.69, 9.17) is 21.1 Å². The van der Waals surface area contributed by atoms with Crippen molar-refractivity contribution in [3.63, 3.8) is 0 Å². The summed E-state index contributed by atoms with van der Waals surface area (Å²) in [5, 5.41) is 5.57. The monoisotopic (exact) mass is 514 g/mol. The van der Waals surface area contributed by atoms with Gasteiger partial charge < -0.3 is 14.8 Å². The van der Waals surface area contributed by atoms with Crippen LogP contribution in [0.3, 0.4) is 0 Å². The zero-order valence-electron chi connectivity index (χ0n) is 19.0. The minimum atomic E-state index is -0.500. The summed E-state index contributed by atoms with van der Waals surface area (Å²) in [4.78, 5) is 30.5. The molecule has 0 saturated carbocycles. The van der Waals surface area contributed by atoms with Crippen molar-refractivity contribution < 1.29 is 19.1 Å². The molecule has 4 aromatic carbocycles. The number of hydrogen-bond donors (Lipinski definition) is 1. The summed E-state index contributed by atoms with van der Waals surface area (Å²) in [5.74, 6) is -0.111. The second kappa shape index (κ2) is 10.3. The Balaban J connectivity index is 1.40. The number of hydrogen-bond acceptors (Lipinski definition) is 6. The summed E-state index contributed by atoms with van der Waals surface area (Å²) in [6.07, 6.45) is 1.71. The first kappa shape index (κ1) is 23.7. The maximum Gasteiger partial charge on any atom is 0.344 e. The first-order valence-electron chi connectivity index (χ1n) is 10.9. The summed E-state index contributed by atoms with van der Waals surface area (Å²) >= 11 is 7.14. The Kier molecular flexibility index (Phi) is 6.75. The molecule has 8 heteroatoms. The van der Waals surface area contributed by atoms with E-state index >= 15 is 0 Å². The minimum Gasteiger partial charge on any atom is -0.493 e. The second-order valence-corrected chi connectivity index (χ2v) is 9.25. The molecule has 0 aromatic heterocycles. The number of halogens is 1. The van der Waals surface area contributed by atoms with Crippen molar-refractivity contribution >= 4 is 62.9 Å². The number of esters is 1. The van der Waals surface area contributed by atoms with E-state index < -0.39 is 5.97 Å². The number of carbonyl (C=O) groups excluding carboxylic acids is 2. The van der Waals surface area contributed by atoms with Gasteiger partial charge in [-0.25, -0.2) is 9.79 Å². The molecule has 0 atom stereocenters. The number of thioether (sulfide) groups is 1. The number of rotatable bonds is 5. The van der Waals surface area contributed by atoms with Gasteiger partial charge in [0.15, 0.2) is 16.7 Å². The molecule has 0 spiro atoms. The van der Waals surface area contributed by atoms with Crippen LogP contribution in [0.15, 0.2) is 94.8 Å². The van der Waals surface area contributed by atoms with Crippen LogP contribution in [0.4, 0.5) is 5.69 Å². The molecule has 1 fully saturated rings. The lowest BCUT2D eigenvalue weighted by Crippen LogP contribution is -2.19. The maximum absolute atomic E-state index is 13.1. The van der Waals surface area contributed by atoms with Crippen LogP contribution in [0.1, 0.15) is 15.9 Å². The van der Waals surface area contributed by atoms with Gasteiger partial charge in [0, 0.05) is 5.02 Å². The van der Waals surface area contributed by atoms with E-state index in [1.54, 1.807) is 54.6 Å². The minimum absolute atomic E-state index is 0.253. The van der Waals surface area contributed by atoms with E-state index in [-0.39, 0.29) is 11.7 Å². The fourth-order valence-electron chi connectivity index (χ4n) is 3.69. The van der Waals surface area contributed by atoms with Crippen LogP contribution in [0.25, 0.3) is 16.8 Å². The number of nitrogens with zero attached hydrogens (tertiary/aromatic N) is 1. The first-order chi connectivity index (χ1) is 17.5. The number of benzene rings is 4. The summed E-state index contributed by atoms with van der Waals surface area (Å²) in [7, 11) is 1.50. The van der Waals surface area contributed by atoms with Crippen molar-refractivity contribution in [3.8, 4) is 11.5 Å². The van der Waals surface area contributed by atoms with Crippen LogP contribution in [0.2, 0.25) is 5.02 Å². The predicted octanol–water partition coefficient (Wildman–Crippen LogP) is 6.61. The van der Waals surface area contributed by atoms with Crippen molar-refractivity contribution in [2.24, 2.45) is 4.99 Å². The lowest BCUT2D eigenvalue weighted by Gasteiger charge is -2.11. The van der Waals surface area contributed by atoms with Gasteiger partial charge >= 0.3 is 5.97 Å². The fraction of sp³-hybridized carbons (Fsp3) is 0.0357. The molecule has 4 aromatic rings. The Morgan fingerprint density at radius 1 is 0.972 bits per heavy atom. The Morgan fingerprint density at radius 2 is 1.75 bits per heavy atom. The van der Waals surface area contributed by atoms with Crippen LogP contribution in [-0.2, 0) is 4.79 Å². The number of methoxy groups -OCH3 is 1. The van der Waals surface area contributed by atoms with Crippen LogP contribution in [-0.4, -0.2) is 24.2 Å². The number of carbonyl (C=O) groups is 2. The van der Waals surface area contributed by atoms with Gasteiger partial charge in [0.05, 0.1) is 23.3 Å². The zero-order chi connectivity index (χ0) is 25.1. The molecule has 5 rings (SSSR count). The first-order valence-corrected chi connectivity index (χ1v) is 12.1. The number of fused-ring (bicyclic) bond motifs is 1. The van der Waals surface area contributed by atoms with Crippen LogP contribution >= 0.6 is 23.4 Å². The van der Waals surface area contributed by atoms with Gasteiger partial charge in [-0.15, -0.1) is 0 Å². The van der Waals surface area contributed by atoms with Crippen molar-refractivity contribution in [2.45, 2.75) is 0 Å². The quantitative estimate of drug-likeness (QED) is 0.184. The van der Waals surface area contributed by atoms with Crippen LogP contribution < -0.4 is 14.8 Å². The Bertz CT molecular complexity index is 1540. The molecule has 36 heavy (non-hydrogen) atoms. The number of amides is 1. The van der Waals surface area contributed by atoms with Crippen molar-refractivity contribution in [1.29, 1.82) is 0 Å². The third-order valence-corrected chi connectivity index (χ3v) is 6.57. The normalized spacial score (nSPS) is 15.3.